The van der Waals surface area contributed by atoms with Gasteiger partial charge in [-0.2, -0.15) is 0 Å². The van der Waals surface area contributed by atoms with Gasteiger partial charge in [-0.1, -0.05) is 48.0 Å². The number of halogens is 1. The van der Waals surface area contributed by atoms with Crippen LogP contribution in [0.2, 0.25) is 5.02 Å². The molecule has 168 valence electrons. The Morgan fingerprint density at radius 1 is 0.909 bits per heavy atom. The van der Waals surface area contributed by atoms with Gasteiger partial charge in [0, 0.05) is 28.5 Å². The highest BCUT2D eigenvalue weighted by Crippen LogP contribution is 2.45. The van der Waals surface area contributed by atoms with Crippen LogP contribution in [0.3, 0.4) is 0 Å². The molecule has 0 bridgehead atoms. The molecule has 0 aliphatic rings. The summed E-state index contributed by atoms with van der Waals surface area (Å²) in [5, 5.41) is 2.76. The van der Waals surface area contributed by atoms with Crippen molar-refractivity contribution in [2.24, 2.45) is 0 Å². The molecule has 4 rings (SSSR count). The SMILES string of the molecule is CC(=O)C(OC(C)(C)C)c1c(C)c(-c2cncnc2)c2ccccc2c1-c1ccc(Cl)cc1. The van der Waals surface area contributed by atoms with Gasteiger partial charge in [-0.05, 0) is 79.8 Å². The summed E-state index contributed by atoms with van der Waals surface area (Å²) in [6.07, 6.45) is 4.40. The van der Waals surface area contributed by atoms with Crippen molar-refractivity contribution >= 4 is 28.2 Å². The van der Waals surface area contributed by atoms with Crippen molar-refractivity contribution in [3.8, 4) is 22.3 Å². The van der Waals surface area contributed by atoms with Gasteiger partial charge >= 0.3 is 0 Å². The lowest BCUT2D eigenvalue weighted by Gasteiger charge is -2.30. The van der Waals surface area contributed by atoms with E-state index in [-0.39, 0.29) is 5.78 Å². The number of rotatable bonds is 5. The molecule has 4 aromatic rings. The maximum atomic E-state index is 13.0. The molecule has 1 unspecified atom stereocenters. The molecule has 0 saturated heterocycles. The largest absolute Gasteiger partial charge is 0.360 e. The molecule has 1 aromatic heterocycles. The van der Waals surface area contributed by atoms with Crippen LogP contribution in [0.25, 0.3) is 33.0 Å². The third-order valence-electron chi connectivity index (χ3n) is 5.60. The minimum Gasteiger partial charge on any atom is -0.360 e. The Balaban J connectivity index is 2.17. The van der Waals surface area contributed by atoms with Gasteiger partial charge in [0.2, 0.25) is 0 Å². The monoisotopic (exact) mass is 458 g/mol. The van der Waals surface area contributed by atoms with E-state index in [9.17, 15) is 4.79 Å². The first-order chi connectivity index (χ1) is 15.7. The second-order valence-electron chi connectivity index (χ2n) is 9.19. The summed E-state index contributed by atoms with van der Waals surface area (Å²) in [6, 6.07) is 16.0. The fourth-order valence-electron chi connectivity index (χ4n) is 4.34. The molecule has 0 aliphatic carbocycles. The van der Waals surface area contributed by atoms with Gasteiger partial charge in [-0.15, -0.1) is 0 Å². The highest BCUT2D eigenvalue weighted by molar-refractivity contribution is 6.30. The van der Waals surface area contributed by atoms with Crippen LogP contribution in [-0.2, 0) is 9.53 Å². The number of ketones is 1. The number of carbonyl (C=O) groups is 1. The number of hydrogen-bond acceptors (Lipinski definition) is 4. The van der Waals surface area contributed by atoms with E-state index in [2.05, 4.69) is 22.1 Å². The molecule has 0 aliphatic heterocycles. The van der Waals surface area contributed by atoms with E-state index in [0.717, 1.165) is 44.2 Å². The zero-order chi connectivity index (χ0) is 23.8. The topological polar surface area (TPSA) is 52.1 Å². The number of aromatic nitrogens is 2. The second-order valence-corrected chi connectivity index (χ2v) is 9.63. The second kappa shape index (κ2) is 9.05. The predicted molar refractivity (Wildman–Crippen MR) is 134 cm³/mol. The summed E-state index contributed by atoms with van der Waals surface area (Å²) >= 11 is 6.20. The number of nitrogens with zero attached hydrogens (tertiary/aromatic N) is 2. The van der Waals surface area contributed by atoms with Crippen molar-refractivity contribution in [1.82, 2.24) is 9.97 Å². The predicted octanol–water partition coefficient (Wildman–Crippen LogP) is 7.37. The van der Waals surface area contributed by atoms with Crippen LogP contribution in [0.4, 0.5) is 0 Å². The maximum Gasteiger partial charge on any atom is 0.163 e. The molecule has 33 heavy (non-hydrogen) atoms. The highest BCUT2D eigenvalue weighted by Gasteiger charge is 2.31. The third kappa shape index (κ3) is 4.68. The van der Waals surface area contributed by atoms with E-state index in [1.54, 1.807) is 19.3 Å². The standard InChI is InChI=1S/C28H27ClN2O2/c1-17-24(20-14-30-16-31-15-20)22-8-6-7-9-23(22)26(19-10-12-21(29)13-11-19)25(17)27(18(2)32)33-28(3,4)5/h6-16,27H,1-5H3. The Morgan fingerprint density at radius 3 is 2.03 bits per heavy atom. The van der Waals surface area contributed by atoms with Crippen molar-refractivity contribution in [2.75, 3.05) is 0 Å². The molecule has 0 N–H and O–H groups in total. The molecule has 5 heteroatoms. The van der Waals surface area contributed by atoms with E-state index in [4.69, 9.17) is 16.3 Å². The minimum absolute atomic E-state index is 0.0474. The molecule has 0 saturated carbocycles. The molecular formula is C28H27ClN2O2. The molecular weight excluding hydrogens is 432 g/mol. The van der Waals surface area contributed by atoms with Gasteiger partial charge in [0.1, 0.15) is 12.4 Å². The number of benzene rings is 3. The number of ether oxygens (including phenoxy) is 1. The minimum atomic E-state index is -0.733. The number of Topliss-reactive ketones (excluding diaryl/α,β-unsaturated/α-hetero) is 1. The molecule has 0 radical (unpaired) electrons. The van der Waals surface area contributed by atoms with E-state index in [1.165, 1.54) is 6.33 Å². The zero-order valence-corrected chi connectivity index (χ0v) is 20.3. The van der Waals surface area contributed by atoms with Crippen LogP contribution in [-0.4, -0.2) is 21.4 Å². The lowest BCUT2D eigenvalue weighted by molar-refractivity contribution is -0.138. The van der Waals surface area contributed by atoms with Gasteiger partial charge in [0.05, 0.1) is 5.60 Å². The van der Waals surface area contributed by atoms with Crippen LogP contribution < -0.4 is 0 Å². The Hall–Kier alpha value is -3.08. The summed E-state index contributed by atoms with van der Waals surface area (Å²) in [5.74, 6) is -0.0474. The van der Waals surface area contributed by atoms with Crippen molar-refractivity contribution in [1.29, 1.82) is 0 Å². The first kappa shape index (κ1) is 23.1. The first-order valence-corrected chi connectivity index (χ1v) is 11.3. The van der Waals surface area contributed by atoms with Gasteiger partial charge < -0.3 is 4.74 Å². The van der Waals surface area contributed by atoms with E-state index in [1.807, 2.05) is 64.1 Å². The average molecular weight is 459 g/mol. The van der Waals surface area contributed by atoms with Crippen LogP contribution in [0.5, 0.6) is 0 Å². The van der Waals surface area contributed by atoms with Crippen molar-refractivity contribution in [3.63, 3.8) is 0 Å². The maximum absolute atomic E-state index is 13.0. The van der Waals surface area contributed by atoms with Crippen LogP contribution in [0, 0.1) is 6.92 Å². The molecule has 1 heterocycles. The third-order valence-corrected chi connectivity index (χ3v) is 5.85. The Morgan fingerprint density at radius 2 is 1.48 bits per heavy atom. The molecule has 4 nitrogen and oxygen atoms in total. The Kier molecular flexibility index (Phi) is 6.33. The quantitative estimate of drug-likeness (QED) is 0.313. The van der Waals surface area contributed by atoms with Gasteiger partial charge in [0.25, 0.3) is 0 Å². The van der Waals surface area contributed by atoms with E-state index in [0.29, 0.717) is 5.02 Å². The fourth-order valence-corrected chi connectivity index (χ4v) is 4.47. The van der Waals surface area contributed by atoms with Crippen molar-refractivity contribution in [3.05, 3.63) is 83.4 Å². The smallest absolute Gasteiger partial charge is 0.163 e. The number of carbonyl (C=O) groups excluding carboxylic acids is 1. The summed E-state index contributed by atoms with van der Waals surface area (Å²) in [5.41, 5.74) is 5.17. The Labute approximate surface area is 199 Å². The first-order valence-electron chi connectivity index (χ1n) is 10.9. The molecule has 1 atom stereocenters. The summed E-state index contributed by atoms with van der Waals surface area (Å²) in [6.45, 7) is 9.53. The summed E-state index contributed by atoms with van der Waals surface area (Å²) in [7, 11) is 0. The van der Waals surface area contributed by atoms with Gasteiger partial charge in [-0.3, -0.25) is 4.79 Å². The summed E-state index contributed by atoms with van der Waals surface area (Å²) in [4.78, 5) is 21.5. The lowest BCUT2D eigenvalue weighted by Crippen LogP contribution is -2.27. The fraction of sp³-hybridized carbons (Fsp3) is 0.250. The molecule has 3 aromatic carbocycles. The van der Waals surface area contributed by atoms with Crippen molar-refractivity contribution in [2.45, 2.75) is 46.3 Å². The number of fused-ring (bicyclic) bond motifs is 1. The molecule has 0 spiro atoms. The van der Waals surface area contributed by atoms with Crippen molar-refractivity contribution < 1.29 is 9.53 Å². The molecule has 0 amide bonds. The number of hydrogen-bond donors (Lipinski definition) is 0. The molecule has 0 fully saturated rings. The normalized spacial score (nSPS) is 12.7. The zero-order valence-electron chi connectivity index (χ0n) is 19.5. The van der Waals surface area contributed by atoms with E-state index >= 15 is 0 Å². The van der Waals surface area contributed by atoms with Crippen LogP contribution >= 0.6 is 11.6 Å². The lowest BCUT2D eigenvalue weighted by atomic mass is 9.82. The van der Waals surface area contributed by atoms with E-state index < -0.39 is 11.7 Å². The summed E-state index contributed by atoms with van der Waals surface area (Å²) < 4.78 is 6.38. The highest BCUT2D eigenvalue weighted by atomic mass is 35.5. The van der Waals surface area contributed by atoms with Crippen LogP contribution in [0.1, 0.15) is 44.9 Å². The Bertz CT molecular complexity index is 1310. The average Bonchev–Trinajstić information content (AvgIpc) is 2.77. The van der Waals surface area contributed by atoms with Gasteiger partial charge in [0.15, 0.2) is 5.78 Å². The van der Waals surface area contributed by atoms with Gasteiger partial charge in [-0.25, -0.2) is 9.97 Å². The van der Waals surface area contributed by atoms with Crippen LogP contribution in [0.15, 0.2) is 67.3 Å².